The lowest BCUT2D eigenvalue weighted by molar-refractivity contribution is -0.114. The van der Waals surface area contributed by atoms with E-state index in [0.717, 1.165) is 51.8 Å². The number of nitrogens with one attached hydrogen (secondary N) is 2. The van der Waals surface area contributed by atoms with Crippen LogP contribution in [0.25, 0.3) is 0 Å². The van der Waals surface area contributed by atoms with Gasteiger partial charge in [0, 0.05) is 13.2 Å². The van der Waals surface area contributed by atoms with Crippen LogP contribution in [0.2, 0.25) is 0 Å². The van der Waals surface area contributed by atoms with Crippen LogP contribution in [-0.2, 0) is 14.8 Å². The van der Waals surface area contributed by atoms with Gasteiger partial charge in [-0.1, -0.05) is 0 Å². The predicted molar refractivity (Wildman–Crippen MR) is 71.0 cm³/mol. The van der Waals surface area contributed by atoms with Crippen molar-refractivity contribution in [3.05, 3.63) is 0 Å². The lowest BCUT2D eigenvalue weighted by atomic mass is 9.79. The zero-order valence-electron chi connectivity index (χ0n) is 11.1. The molecule has 2 rings (SSSR count). The van der Waals surface area contributed by atoms with Crippen LogP contribution in [0.4, 0.5) is 0 Å². The summed E-state index contributed by atoms with van der Waals surface area (Å²) in [6, 6.07) is 0. The zero-order chi connectivity index (χ0) is 13.1. The SMILES string of the molecule is CS(=O)(=O)NCCC1CCOC2(CCNCC2)C1. The molecule has 0 aromatic rings. The minimum Gasteiger partial charge on any atom is -0.375 e. The molecule has 0 saturated carbocycles. The Morgan fingerprint density at radius 2 is 2.11 bits per heavy atom. The molecule has 2 fully saturated rings. The number of ether oxygens (including phenoxy) is 1. The first-order chi connectivity index (χ1) is 8.49. The highest BCUT2D eigenvalue weighted by molar-refractivity contribution is 7.88. The highest BCUT2D eigenvalue weighted by Gasteiger charge is 2.38. The fourth-order valence-electron chi connectivity index (χ4n) is 3.05. The molecule has 2 saturated heterocycles. The molecule has 2 N–H and O–H groups in total. The largest absolute Gasteiger partial charge is 0.375 e. The van der Waals surface area contributed by atoms with Crippen LogP contribution in [0.5, 0.6) is 0 Å². The van der Waals surface area contributed by atoms with Crippen LogP contribution >= 0.6 is 0 Å². The van der Waals surface area contributed by atoms with E-state index in [1.807, 2.05) is 0 Å². The van der Waals surface area contributed by atoms with Gasteiger partial charge >= 0.3 is 0 Å². The van der Waals surface area contributed by atoms with Gasteiger partial charge in [0.2, 0.25) is 10.0 Å². The van der Waals surface area contributed by atoms with E-state index in [9.17, 15) is 8.42 Å². The molecule has 2 aliphatic heterocycles. The highest BCUT2D eigenvalue weighted by atomic mass is 32.2. The standard InChI is InChI=1S/C12H24N2O3S/c1-18(15,16)14-6-2-11-3-9-17-12(10-11)4-7-13-8-5-12/h11,13-14H,2-10H2,1H3. The Morgan fingerprint density at radius 1 is 1.39 bits per heavy atom. The second-order valence-corrected chi connectivity index (χ2v) is 7.43. The van der Waals surface area contributed by atoms with E-state index >= 15 is 0 Å². The summed E-state index contributed by atoms with van der Waals surface area (Å²) in [5.74, 6) is 0.589. The summed E-state index contributed by atoms with van der Waals surface area (Å²) < 4.78 is 30.6. The predicted octanol–water partition coefficient (Wildman–Crippen LogP) is 0.475. The van der Waals surface area contributed by atoms with Crippen molar-refractivity contribution in [1.29, 1.82) is 0 Å². The molecule has 1 unspecified atom stereocenters. The lowest BCUT2D eigenvalue weighted by Gasteiger charge is -2.43. The Kier molecular flexibility index (Phi) is 4.64. The van der Waals surface area contributed by atoms with Gasteiger partial charge in [-0.3, -0.25) is 0 Å². The van der Waals surface area contributed by atoms with Crippen LogP contribution in [0.1, 0.15) is 32.1 Å². The molecule has 1 atom stereocenters. The molecular weight excluding hydrogens is 252 g/mol. The number of hydrogen-bond donors (Lipinski definition) is 2. The van der Waals surface area contributed by atoms with Gasteiger partial charge < -0.3 is 10.1 Å². The molecule has 2 heterocycles. The molecule has 0 radical (unpaired) electrons. The van der Waals surface area contributed by atoms with Gasteiger partial charge in [-0.15, -0.1) is 0 Å². The quantitative estimate of drug-likeness (QED) is 0.783. The van der Waals surface area contributed by atoms with Crippen LogP contribution in [-0.4, -0.2) is 46.5 Å². The van der Waals surface area contributed by atoms with E-state index in [-0.39, 0.29) is 5.60 Å². The first-order valence-corrected chi connectivity index (χ1v) is 8.68. The summed E-state index contributed by atoms with van der Waals surface area (Å²) in [7, 11) is -3.05. The van der Waals surface area contributed by atoms with Crippen LogP contribution < -0.4 is 10.0 Å². The molecule has 1 spiro atoms. The van der Waals surface area contributed by atoms with Gasteiger partial charge in [-0.2, -0.15) is 0 Å². The fourth-order valence-corrected chi connectivity index (χ4v) is 3.54. The molecule has 0 aromatic carbocycles. The van der Waals surface area contributed by atoms with Crippen LogP contribution in [0, 0.1) is 5.92 Å². The van der Waals surface area contributed by atoms with E-state index in [0.29, 0.717) is 12.5 Å². The third-order valence-electron chi connectivity index (χ3n) is 4.03. The van der Waals surface area contributed by atoms with Gasteiger partial charge in [0.15, 0.2) is 0 Å². The van der Waals surface area contributed by atoms with Gasteiger partial charge in [0.1, 0.15) is 0 Å². The van der Waals surface area contributed by atoms with Crippen molar-refractivity contribution in [2.45, 2.75) is 37.7 Å². The maximum absolute atomic E-state index is 11.0. The minimum atomic E-state index is -3.05. The average molecular weight is 276 g/mol. The molecule has 6 heteroatoms. The molecule has 18 heavy (non-hydrogen) atoms. The van der Waals surface area contributed by atoms with Crippen LogP contribution in [0.15, 0.2) is 0 Å². The Balaban J connectivity index is 1.79. The highest BCUT2D eigenvalue weighted by Crippen LogP contribution is 2.37. The van der Waals surface area contributed by atoms with Gasteiger partial charge in [-0.25, -0.2) is 13.1 Å². The van der Waals surface area contributed by atoms with Crippen molar-refractivity contribution in [2.24, 2.45) is 5.92 Å². The van der Waals surface area contributed by atoms with E-state index in [2.05, 4.69) is 10.0 Å². The van der Waals surface area contributed by atoms with Crippen molar-refractivity contribution in [3.63, 3.8) is 0 Å². The minimum absolute atomic E-state index is 0.0687. The van der Waals surface area contributed by atoms with E-state index in [1.165, 1.54) is 6.26 Å². The zero-order valence-corrected chi connectivity index (χ0v) is 11.9. The Bertz CT molecular complexity index is 358. The molecule has 0 amide bonds. The Labute approximate surface area is 110 Å². The average Bonchev–Trinajstić information content (AvgIpc) is 2.28. The summed E-state index contributed by atoms with van der Waals surface area (Å²) in [5, 5.41) is 3.36. The summed E-state index contributed by atoms with van der Waals surface area (Å²) in [4.78, 5) is 0. The van der Waals surface area contributed by atoms with Crippen molar-refractivity contribution in [2.75, 3.05) is 32.5 Å². The third kappa shape index (κ3) is 4.19. The first-order valence-electron chi connectivity index (χ1n) is 6.78. The second-order valence-electron chi connectivity index (χ2n) is 5.60. The van der Waals surface area contributed by atoms with Crippen molar-refractivity contribution < 1.29 is 13.2 Å². The van der Waals surface area contributed by atoms with E-state index in [1.54, 1.807) is 0 Å². The topological polar surface area (TPSA) is 67.4 Å². The normalized spacial score (nSPS) is 28.4. The molecular formula is C12H24N2O3S. The van der Waals surface area contributed by atoms with Crippen molar-refractivity contribution in [1.82, 2.24) is 10.0 Å². The summed E-state index contributed by atoms with van der Waals surface area (Å²) >= 11 is 0. The number of sulfonamides is 1. The Morgan fingerprint density at radius 3 is 2.78 bits per heavy atom. The van der Waals surface area contributed by atoms with Crippen molar-refractivity contribution >= 4 is 10.0 Å². The Hall–Kier alpha value is -0.170. The lowest BCUT2D eigenvalue weighted by Crippen LogP contribution is -2.48. The summed E-state index contributed by atoms with van der Waals surface area (Å²) in [6.45, 7) is 3.45. The monoisotopic (exact) mass is 276 g/mol. The molecule has 0 aliphatic carbocycles. The number of piperidine rings is 1. The third-order valence-corrected chi connectivity index (χ3v) is 4.76. The maximum Gasteiger partial charge on any atom is 0.208 e. The maximum atomic E-state index is 11.0. The van der Waals surface area contributed by atoms with Gasteiger partial charge in [0.25, 0.3) is 0 Å². The first kappa shape index (κ1) is 14.2. The molecule has 2 aliphatic rings. The summed E-state index contributed by atoms with van der Waals surface area (Å²) in [5.41, 5.74) is 0.0687. The molecule has 0 aromatic heterocycles. The molecule has 0 bridgehead atoms. The second kappa shape index (κ2) is 5.86. The molecule has 5 nitrogen and oxygen atoms in total. The molecule has 106 valence electrons. The number of rotatable bonds is 4. The number of hydrogen-bond acceptors (Lipinski definition) is 4. The van der Waals surface area contributed by atoms with Gasteiger partial charge in [-0.05, 0) is 51.1 Å². The fraction of sp³-hybridized carbons (Fsp3) is 1.00. The van der Waals surface area contributed by atoms with Crippen LogP contribution in [0.3, 0.4) is 0 Å². The van der Waals surface area contributed by atoms with Crippen molar-refractivity contribution in [3.8, 4) is 0 Å². The van der Waals surface area contributed by atoms with Gasteiger partial charge in [0.05, 0.1) is 11.9 Å². The summed E-state index contributed by atoms with van der Waals surface area (Å²) in [6.07, 6.45) is 6.45. The van der Waals surface area contributed by atoms with E-state index < -0.39 is 10.0 Å². The van der Waals surface area contributed by atoms with E-state index in [4.69, 9.17) is 4.74 Å². The smallest absolute Gasteiger partial charge is 0.208 e.